The molecule has 0 radical (unpaired) electrons. The van der Waals surface area contributed by atoms with Crippen LogP contribution in [0, 0.1) is 5.92 Å². The van der Waals surface area contributed by atoms with Gasteiger partial charge in [0, 0.05) is 48.5 Å². The zero-order chi connectivity index (χ0) is 27.2. The quantitative estimate of drug-likeness (QED) is 0.372. The number of nitrogens with one attached hydrogen (secondary N) is 2. The molecule has 0 bridgehead atoms. The predicted molar refractivity (Wildman–Crippen MR) is 159 cm³/mol. The highest BCUT2D eigenvalue weighted by atomic mass is 16.2. The molecule has 2 aliphatic rings. The number of carbonyl (C=O) groups excluding carboxylic acids is 2. The molecule has 7 heteroatoms. The van der Waals surface area contributed by atoms with Crippen LogP contribution >= 0.6 is 0 Å². The lowest BCUT2D eigenvalue weighted by molar-refractivity contribution is 0.0939. The van der Waals surface area contributed by atoms with Gasteiger partial charge in [-0.3, -0.25) is 14.5 Å². The van der Waals surface area contributed by atoms with Crippen molar-refractivity contribution in [1.29, 1.82) is 0 Å². The summed E-state index contributed by atoms with van der Waals surface area (Å²) in [4.78, 5) is 35.9. The Balaban J connectivity index is 1.34. The molecule has 1 saturated heterocycles. The smallest absolute Gasteiger partial charge is 0.272 e. The van der Waals surface area contributed by atoms with E-state index in [0.717, 1.165) is 56.2 Å². The summed E-state index contributed by atoms with van der Waals surface area (Å²) in [7, 11) is 0. The summed E-state index contributed by atoms with van der Waals surface area (Å²) < 4.78 is 0. The Morgan fingerprint density at radius 2 is 1.69 bits per heavy atom. The summed E-state index contributed by atoms with van der Waals surface area (Å²) in [5.41, 5.74) is 2.44. The number of nitrogens with zero attached hydrogens (tertiary/aromatic N) is 3. The topological polar surface area (TPSA) is 77.6 Å². The van der Waals surface area contributed by atoms with Crippen LogP contribution in [0.3, 0.4) is 0 Å². The number of hydrogen-bond acceptors (Lipinski definition) is 5. The molecule has 2 fully saturated rings. The lowest BCUT2D eigenvalue weighted by Crippen LogP contribution is -2.37. The van der Waals surface area contributed by atoms with Crippen LogP contribution in [0.1, 0.15) is 73.2 Å². The SMILES string of the molecule is CCN(CC)C1CCN(c2ccc(C(=O)Nc3cccnc3C(=O)NCC3CCCCC3)c3ccccc23)C1. The Labute approximate surface area is 232 Å². The van der Waals surface area contributed by atoms with Crippen molar-refractivity contribution in [2.45, 2.75) is 58.4 Å². The second-order valence-corrected chi connectivity index (χ2v) is 10.9. The lowest BCUT2D eigenvalue weighted by Gasteiger charge is -2.27. The number of pyridine rings is 1. The van der Waals surface area contributed by atoms with Gasteiger partial charge in [0.15, 0.2) is 5.69 Å². The number of amides is 2. The van der Waals surface area contributed by atoms with Crippen LogP contribution < -0.4 is 15.5 Å². The molecule has 1 unspecified atom stereocenters. The first-order valence-electron chi connectivity index (χ1n) is 14.6. The van der Waals surface area contributed by atoms with E-state index in [1.165, 1.54) is 24.9 Å². The van der Waals surface area contributed by atoms with Gasteiger partial charge in [-0.25, -0.2) is 4.98 Å². The number of aromatic nitrogens is 1. The molecule has 1 aliphatic heterocycles. The summed E-state index contributed by atoms with van der Waals surface area (Å²) in [5.74, 6) is 0.0372. The van der Waals surface area contributed by atoms with Crippen LogP contribution in [0.2, 0.25) is 0 Å². The minimum absolute atomic E-state index is 0.241. The van der Waals surface area contributed by atoms with E-state index in [1.807, 2.05) is 24.3 Å². The Hall–Kier alpha value is -3.45. The van der Waals surface area contributed by atoms with Crippen LogP contribution in [-0.2, 0) is 0 Å². The molecule has 1 aliphatic carbocycles. The fraction of sp³-hybridized carbons (Fsp3) is 0.469. The number of benzene rings is 2. The molecule has 1 atom stereocenters. The molecule has 5 rings (SSSR count). The van der Waals surface area contributed by atoms with Crippen molar-refractivity contribution >= 4 is 34.0 Å². The first-order valence-corrected chi connectivity index (χ1v) is 14.6. The van der Waals surface area contributed by atoms with Crippen LogP contribution in [0.15, 0.2) is 54.7 Å². The number of fused-ring (bicyclic) bond motifs is 1. The molecule has 1 aromatic heterocycles. The molecule has 3 aromatic rings. The number of hydrogen-bond donors (Lipinski definition) is 2. The second kappa shape index (κ2) is 12.6. The standard InChI is InChI=1S/C32H41N5O2/c1-3-36(4-2)24-18-20-37(22-24)29-17-16-27(25-13-8-9-14-26(25)29)31(38)35-28-15-10-19-33-30(28)32(39)34-21-23-11-6-5-7-12-23/h8-10,13-17,19,23-24H,3-7,11-12,18,20-22H2,1-2H3,(H,34,39)(H,35,38). The molecule has 206 valence electrons. The lowest BCUT2D eigenvalue weighted by atomic mass is 9.89. The summed E-state index contributed by atoms with van der Waals surface area (Å²) in [6.45, 7) is 9.22. The van der Waals surface area contributed by atoms with E-state index in [1.54, 1.807) is 18.3 Å². The maximum Gasteiger partial charge on any atom is 0.272 e. The molecule has 2 aromatic carbocycles. The van der Waals surface area contributed by atoms with Crippen LogP contribution in [-0.4, -0.2) is 60.5 Å². The second-order valence-electron chi connectivity index (χ2n) is 10.9. The molecule has 1 saturated carbocycles. The molecular weight excluding hydrogens is 486 g/mol. The molecule has 2 amide bonds. The fourth-order valence-corrected chi connectivity index (χ4v) is 6.34. The maximum absolute atomic E-state index is 13.6. The largest absolute Gasteiger partial charge is 0.369 e. The average molecular weight is 528 g/mol. The van der Waals surface area contributed by atoms with Gasteiger partial charge in [-0.05, 0) is 67.9 Å². The van der Waals surface area contributed by atoms with Gasteiger partial charge in [-0.2, -0.15) is 0 Å². The van der Waals surface area contributed by atoms with Gasteiger partial charge >= 0.3 is 0 Å². The van der Waals surface area contributed by atoms with Crippen molar-refractivity contribution in [3.05, 3.63) is 66.0 Å². The predicted octanol–water partition coefficient (Wildman–Crippen LogP) is 5.72. The highest BCUT2D eigenvalue weighted by molar-refractivity contribution is 6.16. The van der Waals surface area contributed by atoms with Crippen molar-refractivity contribution in [2.75, 3.05) is 42.9 Å². The third-order valence-electron chi connectivity index (χ3n) is 8.53. The third-order valence-corrected chi connectivity index (χ3v) is 8.53. The minimum atomic E-state index is -0.242. The Bertz CT molecular complexity index is 1300. The van der Waals surface area contributed by atoms with Crippen LogP contribution in [0.25, 0.3) is 10.8 Å². The Morgan fingerprint density at radius 1 is 0.923 bits per heavy atom. The van der Waals surface area contributed by atoms with Gasteiger partial charge in [0.2, 0.25) is 0 Å². The van der Waals surface area contributed by atoms with Gasteiger partial charge < -0.3 is 15.5 Å². The average Bonchev–Trinajstić information content (AvgIpc) is 3.46. The zero-order valence-corrected chi connectivity index (χ0v) is 23.3. The first kappa shape index (κ1) is 27.1. The number of likely N-dealkylation sites (N-methyl/N-ethyl adjacent to an activating group) is 1. The van der Waals surface area contributed by atoms with Gasteiger partial charge in [0.1, 0.15) is 0 Å². The van der Waals surface area contributed by atoms with Gasteiger partial charge in [-0.1, -0.05) is 57.4 Å². The Morgan fingerprint density at radius 3 is 2.46 bits per heavy atom. The van der Waals surface area contributed by atoms with Crippen molar-refractivity contribution in [1.82, 2.24) is 15.2 Å². The number of rotatable bonds is 9. The summed E-state index contributed by atoms with van der Waals surface area (Å²) in [5, 5.41) is 8.01. The molecule has 2 N–H and O–H groups in total. The van der Waals surface area contributed by atoms with E-state index >= 15 is 0 Å². The van der Waals surface area contributed by atoms with E-state index in [-0.39, 0.29) is 17.5 Å². The van der Waals surface area contributed by atoms with Crippen molar-refractivity contribution in [3.8, 4) is 0 Å². The summed E-state index contributed by atoms with van der Waals surface area (Å²) in [6.07, 6.45) is 8.79. The monoisotopic (exact) mass is 527 g/mol. The number of anilines is 2. The molecule has 0 spiro atoms. The maximum atomic E-state index is 13.6. The van der Waals surface area contributed by atoms with Crippen molar-refractivity contribution in [3.63, 3.8) is 0 Å². The van der Waals surface area contributed by atoms with Crippen LogP contribution in [0.5, 0.6) is 0 Å². The molecule has 39 heavy (non-hydrogen) atoms. The minimum Gasteiger partial charge on any atom is -0.369 e. The summed E-state index contributed by atoms with van der Waals surface area (Å²) >= 11 is 0. The van der Waals surface area contributed by atoms with Gasteiger partial charge in [0.25, 0.3) is 11.8 Å². The molecular formula is C32H41N5O2. The van der Waals surface area contributed by atoms with Crippen molar-refractivity contribution in [2.24, 2.45) is 5.92 Å². The molecule has 2 heterocycles. The fourth-order valence-electron chi connectivity index (χ4n) is 6.34. The highest BCUT2D eigenvalue weighted by Crippen LogP contribution is 2.33. The van der Waals surface area contributed by atoms with E-state index in [9.17, 15) is 9.59 Å². The molecule has 7 nitrogen and oxygen atoms in total. The van der Waals surface area contributed by atoms with Gasteiger partial charge in [0.05, 0.1) is 5.69 Å². The Kier molecular flexibility index (Phi) is 8.77. The highest BCUT2D eigenvalue weighted by Gasteiger charge is 2.28. The summed E-state index contributed by atoms with van der Waals surface area (Å²) in [6, 6.07) is 16.1. The van der Waals surface area contributed by atoms with Crippen LogP contribution in [0.4, 0.5) is 11.4 Å². The first-order chi connectivity index (χ1) is 19.1. The zero-order valence-electron chi connectivity index (χ0n) is 23.3. The van der Waals surface area contributed by atoms with E-state index in [0.29, 0.717) is 29.8 Å². The number of carbonyl (C=O) groups is 2. The van der Waals surface area contributed by atoms with E-state index < -0.39 is 0 Å². The third kappa shape index (κ3) is 6.09. The van der Waals surface area contributed by atoms with E-state index in [2.05, 4.69) is 51.4 Å². The van der Waals surface area contributed by atoms with Crippen molar-refractivity contribution < 1.29 is 9.59 Å². The normalized spacial score (nSPS) is 18.0. The van der Waals surface area contributed by atoms with E-state index in [4.69, 9.17) is 0 Å². The van der Waals surface area contributed by atoms with Gasteiger partial charge in [-0.15, -0.1) is 0 Å².